The Bertz CT molecular complexity index is 932. The Morgan fingerprint density at radius 3 is 2.34 bits per heavy atom. The molecule has 1 saturated heterocycles. The zero-order valence-corrected chi connectivity index (χ0v) is 16.6. The van der Waals surface area contributed by atoms with E-state index in [1.54, 1.807) is 12.1 Å². The predicted molar refractivity (Wildman–Crippen MR) is 107 cm³/mol. The molecule has 0 aromatic heterocycles. The van der Waals surface area contributed by atoms with Gasteiger partial charge in [-0.05, 0) is 42.3 Å². The second-order valence-corrected chi connectivity index (χ2v) is 6.85. The highest BCUT2D eigenvalue weighted by Crippen LogP contribution is 2.25. The zero-order chi connectivity index (χ0) is 21.0. The summed E-state index contributed by atoms with van der Waals surface area (Å²) < 4.78 is 9.44. The second-order valence-electron chi connectivity index (χ2n) is 6.41. The van der Waals surface area contributed by atoms with Crippen LogP contribution in [0.5, 0.6) is 0 Å². The lowest BCUT2D eigenvalue weighted by molar-refractivity contribution is -0.117. The van der Waals surface area contributed by atoms with Crippen LogP contribution in [0.1, 0.15) is 38.7 Å². The maximum Gasteiger partial charge on any atom is 0.339 e. The van der Waals surface area contributed by atoms with E-state index in [0.29, 0.717) is 11.4 Å². The molecule has 2 unspecified atom stereocenters. The number of nitrogens with one attached hydrogen (secondary N) is 3. The smallest absolute Gasteiger partial charge is 0.339 e. The summed E-state index contributed by atoms with van der Waals surface area (Å²) in [5, 5.41) is 3.33. The van der Waals surface area contributed by atoms with Crippen molar-refractivity contribution >= 4 is 35.1 Å². The van der Waals surface area contributed by atoms with E-state index in [4.69, 9.17) is 21.1 Å². The molecular formula is C20H20ClN3O5. The Hall–Kier alpha value is -2.94. The van der Waals surface area contributed by atoms with Crippen molar-refractivity contribution in [1.29, 1.82) is 0 Å². The van der Waals surface area contributed by atoms with Crippen molar-refractivity contribution < 1.29 is 23.9 Å². The van der Waals surface area contributed by atoms with E-state index >= 15 is 0 Å². The monoisotopic (exact) mass is 417 g/mol. The van der Waals surface area contributed by atoms with E-state index in [-0.39, 0.29) is 28.8 Å². The van der Waals surface area contributed by atoms with Crippen LogP contribution in [0.3, 0.4) is 0 Å². The van der Waals surface area contributed by atoms with Crippen LogP contribution in [0.25, 0.3) is 0 Å². The normalized spacial score (nSPS) is 18.2. The second kappa shape index (κ2) is 9.04. The molecule has 2 aromatic rings. The third-order valence-electron chi connectivity index (χ3n) is 4.60. The van der Waals surface area contributed by atoms with Crippen molar-refractivity contribution in [2.45, 2.75) is 18.5 Å². The van der Waals surface area contributed by atoms with Crippen LogP contribution in [0.2, 0.25) is 5.02 Å². The number of rotatable bonds is 5. The summed E-state index contributed by atoms with van der Waals surface area (Å²) in [6, 6.07) is 10.9. The fourth-order valence-electron chi connectivity index (χ4n) is 3.04. The third-order valence-corrected chi connectivity index (χ3v) is 4.85. The lowest BCUT2D eigenvalue weighted by Crippen LogP contribution is -2.39. The molecule has 2 aromatic carbocycles. The van der Waals surface area contributed by atoms with Crippen LogP contribution in [-0.4, -0.2) is 38.1 Å². The molecule has 152 valence electrons. The number of hydrogen-bond acceptors (Lipinski definition) is 7. The molecule has 1 aliphatic heterocycles. The summed E-state index contributed by atoms with van der Waals surface area (Å²) in [5.41, 5.74) is 7.51. The molecule has 0 saturated carbocycles. The van der Waals surface area contributed by atoms with Crippen LogP contribution in [0.4, 0.5) is 5.69 Å². The highest BCUT2D eigenvalue weighted by atomic mass is 35.5. The molecule has 9 heteroatoms. The van der Waals surface area contributed by atoms with Gasteiger partial charge < -0.3 is 14.8 Å². The number of esters is 2. The molecule has 3 rings (SSSR count). The number of hydrazine groups is 1. The van der Waals surface area contributed by atoms with Gasteiger partial charge in [-0.2, -0.15) is 0 Å². The number of carbonyl (C=O) groups excluding carboxylic acids is 3. The Labute approximate surface area is 172 Å². The number of halogens is 1. The first kappa shape index (κ1) is 20.8. The number of methoxy groups -OCH3 is 2. The predicted octanol–water partition coefficient (Wildman–Crippen LogP) is 2.46. The lowest BCUT2D eigenvalue weighted by Gasteiger charge is -2.14. The van der Waals surface area contributed by atoms with Gasteiger partial charge in [-0.25, -0.2) is 20.4 Å². The Kier molecular flexibility index (Phi) is 6.48. The molecule has 29 heavy (non-hydrogen) atoms. The fourth-order valence-corrected chi connectivity index (χ4v) is 3.17. The average Bonchev–Trinajstić information content (AvgIpc) is 3.23. The molecule has 8 nitrogen and oxygen atoms in total. The number of carbonyl (C=O) groups is 3. The molecule has 0 spiro atoms. The minimum Gasteiger partial charge on any atom is -0.465 e. The van der Waals surface area contributed by atoms with Gasteiger partial charge in [0.05, 0.1) is 31.0 Å². The van der Waals surface area contributed by atoms with E-state index in [1.165, 1.54) is 32.4 Å². The summed E-state index contributed by atoms with van der Waals surface area (Å²) in [6.07, 6.45) is 0.484. The molecule has 3 N–H and O–H groups in total. The van der Waals surface area contributed by atoms with Gasteiger partial charge in [0.1, 0.15) is 6.04 Å². The van der Waals surface area contributed by atoms with E-state index < -0.39 is 18.0 Å². The summed E-state index contributed by atoms with van der Waals surface area (Å²) in [4.78, 5) is 36.6. The summed E-state index contributed by atoms with van der Waals surface area (Å²) in [6.45, 7) is 0. The maximum atomic E-state index is 12.8. The number of hydrogen-bond donors (Lipinski definition) is 3. The largest absolute Gasteiger partial charge is 0.465 e. The summed E-state index contributed by atoms with van der Waals surface area (Å²) in [7, 11) is 2.49. The van der Waals surface area contributed by atoms with Gasteiger partial charge in [-0.3, -0.25) is 4.79 Å². The zero-order valence-electron chi connectivity index (χ0n) is 15.8. The molecule has 1 aliphatic rings. The Morgan fingerprint density at radius 2 is 1.69 bits per heavy atom. The van der Waals surface area contributed by atoms with Crippen LogP contribution in [0, 0.1) is 0 Å². The molecule has 0 radical (unpaired) electrons. The van der Waals surface area contributed by atoms with Crippen LogP contribution in [-0.2, 0) is 14.3 Å². The Balaban J connectivity index is 1.76. The van der Waals surface area contributed by atoms with Crippen LogP contribution >= 0.6 is 11.6 Å². The minimum atomic E-state index is -0.631. The van der Waals surface area contributed by atoms with Crippen molar-refractivity contribution in [2.24, 2.45) is 0 Å². The van der Waals surface area contributed by atoms with Gasteiger partial charge in [-0.1, -0.05) is 23.7 Å². The molecule has 2 atom stereocenters. The first-order valence-electron chi connectivity index (χ1n) is 8.81. The van der Waals surface area contributed by atoms with Gasteiger partial charge in [0.15, 0.2) is 0 Å². The fraction of sp³-hybridized carbons (Fsp3) is 0.250. The van der Waals surface area contributed by atoms with Gasteiger partial charge in [-0.15, -0.1) is 0 Å². The molecule has 1 heterocycles. The SMILES string of the molecule is COC(=O)c1ccc(C(=O)OC)c(NC(=O)C2CC(c3ccc(Cl)cc3)NN2)c1. The maximum absolute atomic E-state index is 12.8. The van der Waals surface area contributed by atoms with Gasteiger partial charge in [0.25, 0.3) is 0 Å². The topological polar surface area (TPSA) is 106 Å². The van der Waals surface area contributed by atoms with E-state index in [1.807, 2.05) is 12.1 Å². The van der Waals surface area contributed by atoms with Crippen molar-refractivity contribution in [3.05, 3.63) is 64.2 Å². The molecule has 0 bridgehead atoms. The first-order valence-corrected chi connectivity index (χ1v) is 9.18. The molecule has 0 aliphatic carbocycles. The average molecular weight is 418 g/mol. The van der Waals surface area contributed by atoms with E-state index in [2.05, 4.69) is 16.2 Å². The van der Waals surface area contributed by atoms with Gasteiger partial charge >= 0.3 is 11.9 Å². The van der Waals surface area contributed by atoms with E-state index in [0.717, 1.165) is 5.56 Å². The van der Waals surface area contributed by atoms with Crippen molar-refractivity contribution in [2.75, 3.05) is 19.5 Å². The third kappa shape index (κ3) is 4.73. The minimum absolute atomic E-state index is 0.0792. The lowest BCUT2D eigenvalue weighted by atomic mass is 10.0. The Morgan fingerprint density at radius 1 is 1.00 bits per heavy atom. The van der Waals surface area contributed by atoms with Crippen molar-refractivity contribution in [1.82, 2.24) is 10.9 Å². The highest BCUT2D eigenvalue weighted by molar-refractivity contribution is 6.30. The number of benzene rings is 2. The molecule has 1 amide bonds. The van der Waals surface area contributed by atoms with E-state index in [9.17, 15) is 14.4 Å². The quantitative estimate of drug-likeness (QED) is 0.641. The van der Waals surface area contributed by atoms with Crippen molar-refractivity contribution in [3.8, 4) is 0 Å². The van der Waals surface area contributed by atoms with Crippen molar-refractivity contribution in [3.63, 3.8) is 0 Å². The standard InChI is InChI=1S/C20H20ClN3O5/c1-28-19(26)12-5-8-14(20(27)29-2)16(9-12)22-18(25)17-10-15(23-24-17)11-3-6-13(21)7-4-11/h3-9,15,17,23-24H,10H2,1-2H3,(H,22,25). The number of amides is 1. The van der Waals surface area contributed by atoms with Gasteiger partial charge in [0.2, 0.25) is 5.91 Å². The summed E-state index contributed by atoms with van der Waals surface area (Å²) >= 11 is 5.91. The summed E-state index contributed by atoms with van der Waals surface area (Å²) in [5.74, 6) is -1.57. The van der Waals surface area contributed by atoms with Gasteiger partial charge in [0, 0.05) is 11.1 Å². The number of anilines is 1. The number of ether oxygens (including phenoxy) is 2. The highest BCUT2D eigenvalue weighted by Gasteiger charge is 2.31. The van der Waals surface area contributed by atoms with Crippen LogP contribution < -0.4 is 16.2 Å². The van der Waals surface area contributed by atoms with Crippen LogP contribution in [0.15, 0.2) is 42.5 Å². The molecular weight excluding hydrogens is 398 g/mol. The first-order chi connectivity index (χ1) is 13.9. The molecule has 1 fully saturated rings.